The summed E-state index contributed by atoms with van der Waals surface area (Å²) in [5.74, 6) is -0.636. The van der Waals surface area contributed by atoms with Gasteiger partial charge in [0.05, 0.1) is 22.6 Å². The van der Waals surface area contributed by atoms with Gasteiger partial charge in [-0.3, -0.25) is 14.6 Å². The summed E-state index contributed by atoms with van der Waals surface area (Å²) in [6, 6.07) is 4.79. The van der Waals surface area contributed by atoms with Crippen LogP contribution in [0.2, 0.25) is 5.02 Å². The minimum Gasteiger partial charge on any atom is -0.325 e. The first kappa shape index (κ1) is 14.9. The van der Waals surface area contributed by atoms with Crippen molar-refractivity contribution in [2.24, 2.45) is 0 Å². The molecule has 2 aromatic rings. The van der Waals surface area contributed by atoms with Crippen LogP contribution in [-0.4, -0.2) is 21.8 Å². The lowest BCUT2D eigenvalue weighted by Gasteiger charge is -2.09. The molecule has 0 saturated heterocycles. The molecule has 21 heavy (non-hydrogen) atoms. The highest BCUT2D eigenvalue weighted by Crippen LogP contribution is 2.25. The number of amides is 2. The van der Waals surface area contributed by atoms with E-state index in [9.17, 15) is 9.59 Å². The van der Waals surface area contributed by atoms with E-state index in [1.54, 1.807) is 25.1 Å². The molecule has 0 aliphatic carbocycles. The monoisotopic (exact) mass is 304 g/mol. The Bertz CT molecular complexity index is 686. The van der Waals surface area contributed by atoms with Crippen LogP contribution >= 0.6 is 11.6 Å². The molecule has 108 valence electrons. The van der Waals surface area contributed by atoms with Crippen molar-refractivity contribution in [3.8, 4) is 0 Å². The van der Waals surface area contributed by atoms with Crippen molar-refractivity contribution in [2.45, 2.75) is 13.8 Å². The number of hydrogen-bond donors (Lipinski definition) is 2. The fourth-order valence-electron chi connectivity index (χ4n) is 1.59. The second-order valence-electron chi connectivity index (χ2n) is 4.37. The molecule has 0 radical (unpaired) electrons. The van der Waals surface area contributed by atoms with E-state index in [2.05, 4.69) is 20.6 Å². The highest BCUT2D eigenvalue weighted by molar-refractivity contribution is 6.33. The van der Waals surface area contributed by atoms with Gasteiger partial charge < -0.3 is 10.6 Å². The van der Waals surface area contributed by atoms with Gasteiger partial charge in [0.2, 0.25) is 5.91 Å². The molecule has 7 heteroatoms. The van der Waals surface area contributed by atoms with Gasteiger partial charge in [0, 0.05) is 18.8 Å². The Hall–Kier alpha value is -2.47. The maximum Gasteiger partial charge on any atom is 0.275 e. The molecule has 1 aromatic carbocycles. The van der Waals surface area contributed by atoms with Crippen LogP contribution in [0.5, 0.6) is 0 Å². The van der Waals surface area contributed by atoms with Gasteiger partial charge in [-0.1, -0.05) is 11.6 Å². The predicted octanol–water partition coefficient (Wildman–Crippen LogP) is 2.65. The van der Waals surface area contributed by atoms with E-state index < -0.39 is 5.91 Å². The van der Waals surface area contributed by atoms with Gasteiger partial charge in [0.15, 0.2) is 0 Å². The molecule has 0 atom stereocenters. The average Bonchev–Trinajstić information content (AvgIpc) is 2.42. The summed E-state index contributed by atoms with van der Waals surface area (Å²) < 4.78 is 0. The lowest BCUT2D eigenvalue weighted by molar-refractivity contribution is -0.114. The van der Waals surface area contributed by atoms with Gasteiger partial charge in [-0.25, -0.2) is 4.98 Å². The van der Waals surface area contributed by atoms with Crippen LogP contribution in [0.3, 0.4) is 0 Å². The topological polar surface area (TPSA) is 84.0 Å². The first-order chi connectivity index (χ1) is 9.95. The first-order valence-electron chi connectivity index (χ1n) is 6.13. The van der Waals surface area contributed by atoms with Crippen molar-refractivity contribution < 1.29 is 9.59 Å². The van der Waals surface area contributed by atoms with Crippen LogP contribution in [0.25, 0.3) is 0 Å². The van der Waals surface area contributed by atoms with Gasteiger partial charge in [-0.05, 0) is 25.1 Å². The molecule has 0 bridgehead atoms. The fraction of sp³-hybridized carbons (Fsp3) is 0.143. The molecule has 0 saturated carbocycles. The number of carbonyl (C=O) groups excluding carboxylic acids is 2. The largest absolute Gasteiger partial charge is 0.325 e. The zero-order valence-corrected chi connectivity index (χ0v) is 12.2. The van der Waals surface area contributed by atoms with E-state index in [0.29, 0.717) is 16.4 Å². The normalized spacial score (nSPS) is 10.0. The molecule has 0 spiro atoms. The van der Waals surface area contributed by atoms with E-state index >= 15 is 0 Å². The second kappa shape index (κ2) is 6.32. The molecule has 0 unspecified atom stereocenters. The van der Waals surface area contributed by atoms with Crippen LogP contribution in [-0.2, 0) is 4.79 Å². The number of rotatable bonds is 3. The number of aromatic nitrogens is 2. The predicted molar refractivity (Wildman–Crippen MR) is 80.5 cm³/mol. The SMILES string of the molecule is CC(=O)Nc1cc(NC(=O)c2cnc(C)cn2)ccc1Cl. The number of anilines is 2. The lowest BCUT2D eigenvalue weighted by atomic mass is 10.2. The number of nitrogens with one attached hydrogen (secondary N) is 2. The maximum absolute atomic E-state index is 12.0. The number of halogens is 1. The molecule has 2 rings (SSSR count). The highest BCUT2D eigenvalue weighted by atomic mass is 35.5. The Labute approximate surface area is 126 Å². The van der Waals surface area contributed by atoms with Gasteiger partial charge >= 0.3 is 0 Å². The fourth-order valence-corrected chi connectivity index (χ4v) is 1.76. The second-order valence-corrected chi connectivity index (χ2v) is 4.78. The molecule has 2 amide bonds. The lowest BCUT2D eigenvalue weighted by Crippen LogP contribution is -2.14. The van der Waals surface area contributed by atoms with E-state index in [0.717, 1.165) is 5.69 Å². The Morgan fingerprint density at radius 3 is 2.52 bits per heavy atom. The Kier molecular flexibility index (Phi) is 4.49. The molecule has 0 fully saturated rings. The van der Waals surface area contributed by atoms with Crippen molar-refractivity contribution >= 4 is 34.8 Å². The van der Waals surface area contributed by atoms with Crippen LogP contribution in [0.1, 0.15) is 23.1 Å². The number of nitrogens with zero attached hydrogens (tertiary/aromatic N) is 2. The van der Waals surface area contributed by atoms with Crippen LogP contribution in [0.15, 0.2) is 30.6 Å². The average molecular weight is 305 g/mol. The van der Waals surface area contributed by atoms with E-state index in [1.165, 1.54) is 19.3 Å². The molecular formula is C14H13ClN4O2. The van der Waals surface area contributed by atoms with Gasteiger partial charge in [0.25, 0.3) is 5.91 Å². The number of hydrogen-bond acceptors (Lipinski definition) is 4. The Balaban J connectivity index is 2.17. The minimum atomic E-state index is -0.390. The quantitative estimate of drug-likeness (QED) is 0.913. The molecule has 1 heterocycles. The Morgan fingerprint density at radius 2 is 1.90 bits per heavy atom. The molecule has 6 nitrogen and oxygen atoms in total. The van der Waals surface area contributed by atoms with Crippen LogP contribution in [0, 0.1) is 6.92 Å². The summed E-state index contributed by atoms with van der Waals surface area (Å²) >= 11 is 5.96. The third-order valence-corrected chi connectivity index (χ3v) is 2.88. The molecule has 0 aliphatic rings. The van der Waals surface area contributed by atoms with Gasteiger partial charge in [-0.15, -0.1) is 0 Å². The first-order valence-corrected chi connectivity index (χ1v) is 6.50. The standard InChI is InChI=1S/C14H13ClN4O2/c1-8-6-17-13(7-16-8)14(21)19-10-3-4-11(15)12(5-10)18-9(2)20/h3-7H,1-2H3,(H,18,20)(H,19,21). The molecule has 2 N–H and O–H groups in total. The minimum absolute atomic E-state index is 0.205. The zero-order chi connectivity index (χ0) is 15.4. The summed E-state index contributed by atoms with van der Waals surface area (Å²) in [5, 5.41) is 5.64. The van der Waals surface area contributed by atoms with Crippen molar-refractivity contribution in [3.05, 3.63) is 47.0 Å². The maximum atomic E-state index is 12.0. The molecule has 0 aliphatic heterocycles. The van der Waals surface area contributed by atoms with Gasteiger partial charge in [-0.2, -0.15) is 0 Å². The molecule has 1 aromatic heterocycles. The van der Waals surface area contributed by atoms with Crippen LogP contribution in [0.4, 0.5) is 11.4 Å². The number of aryl methyl sites for hydroxylation is 1. The summed E-state index contributed by atoms with van der Waals surface area (Å²) in [6.07, 6.45) is 2.91. The summed E-state index contributed by atoms with van der Waals surface area (Å²) in [7, 11) is 0. The molecular weight excluding hydrogens is 292 g/mol. The van der Waals surface area contributed by atoms with Crippen LogP contribution < -0.4 is 10.6 Å². The van der Waals surface area contributed by atoms with Crippen molar-refractivity contribution in [1.29, 1.82) is 0 Å². The van der Waals surface area contributed by atoms with E-state index in [-0.39, 0.29) is 11.6 Å². The highest BCUT2D eigenvalue weighted by Gasteiger charge is 2.10. The number of carbonyl (C=O) groups is 2. The van der Waals surface area contributed by atoms with Crippen molar-refractivity contribution in [3.63, 3.8) is 0 Å². The van der Waals surface area contributed by atoms with E-state index in [1.807, 2.05) is 0 Å². The Morgan fingerprint density at radius 1 is 1.14 bits per heavy atom. The zero-order valence-electron chi connectivity index (χ0n) is 11.5. The summed E-state index contributed by atoms with van der Waals surface area (Å²) in [4.78, 5) is 31.1. The number of benzene rings is 1. The van der Waals surface area contributed by atoms with Crippen molar-refractivity contribution in [2.75, 3.05) is 10.6 Å². The third kappa shape index (κ3) is 4.00. The smallest absolute Gasteiger partial charge is 0.275 e. The van der Waals surface area contributed by atoms with E-state index in [4.69, 9.17) is 11.6 Å². The summed E-state index contributed by atoms with van der Waals surface area (Å²) in [6.45, 7) is 3.16. The van der Waals surface area contributed by atoms with Crippen molar-refractivity contribution in [1.82, 2.24) is 9.97 Å². The third-order valence-electron chi connectivity index (χ3n) is 2.55. The van der Waals surface area contributed by atoms with Gasteiger partial charge in [0.1, 0.15) is 5.69 Å². The summed E-state index contributed by atoms with van der Waals surface area (Å²) in [5.41, 5.74) is 1.86.